The van der Waals surface area contributed by atoms with Crippen molar-refractivity contribution in [2.45, 2.75) is 6.42 Å². The number of ether oxygens (including phenoxy) is 1. The molecular formula is C13H11ClN2O4. The lowest BCUT2D eigenvalue weighted by Gasteiger charge is -2.09. The zero-order valence-electron chi connectivity index (χ0n) is 10.3. The second-order valence-electron chi connectivity index (χ2n) is 3.90. The predicted octanol–water partition coefficient (Wildman–Crippen LogP) is 2.97. The van der Waals surface area contributed by atoms with Gasteiger partial charge in [-0.05, 0) is 24.1 Å². The molecule has 0 aliphatic carbocycles. The van der Waals surface area contributed by atoms with Gasteiger partial charge >= 0.3 is 11.6 Å². The summed E-state index contributed by atoms with van der Waals surface area (Å²) in [6.07, 6.45) is 0.380. The highest BCUT2D eigenvalue weighted by Crippen LogP contribution is 2.32. The van der Waals surface area contributed by atoms with E-state index < -0.39 is 4.92 Å². The Hall–Kier alpha value is -2.18. The second-order valence-corrected chi connectivity index (χ2v) is 4.29. The molecule has 1 heterocycles. The van der Waals surface area contributed by atoms with E-state index >= 15 is 0 Å². The minimum absolute atomic E-state index is 0.0502. The van der Waals surface area contributed by atoms with Crippen molar-refractivity contribution < 1.29 is 14.8 Å². The third kappa shape index (κ3) is 3.23. The zero-order chi connectivity index (χ0) is 14.5. The molecule has 0 saturated heterocycles. The van der Waals surface area contributed by atoms with Gasteiger partial charge in [0, 0.05) is 12.7 Å². The minimum Gasteiger partial charge on any atom is -0.433 e. The fraction of sp³-hybridized carbons (Fsp3) is 0.154. The lowest BCUT2D eigenvalue weighted by molar-refractivity contribution is -0.386. The molecule has 0 aliphatic heterocycles. The summed E-state index contributed by atoms with van der Waals surface area (Å²) in [4.78, 5) is 14.2. The molecule has 0 bridgehead atoms. The summed E-state index contributed by atoms with van der Waals surface area (Å²) in [7, 11) is 0. The molecule has 0 radical (unpaired) electrons. The summed E-state index contributed by atoms with van der Waals surface area (Å²) in [5, 5.41) is 20.0. The van der Waals surface area contributed by atoms with Crippen LogP contribution in [0.1, 0.15) is 5.56 Å². The first-order valence-corrected chi connectivity index (χ1v) is 6.17. The molecule has 0 atom stereocenters. The molecule has 1 N–H and O–H groups in total. The highest BCUT2D eigenvalue weighted by molar-refractivity contribution is 6.29. The molecule has 0 spiro atoms. The van der Waals surface area contributed by atoms with Gasteiger partial charge in [-0.1, -0.05) is 29.8 Å². The van der Waals surface area contributed by atoms with Gasteiger partial charge in [-0.25, -0.2) is 0 Å². The lowest BCUT2D eigenvalue weighted by atomic mass is 10.1. The van der Waals surface area contributed by atoms with Crippen LogP contribution in [0.5, 0.6) is 11.6 Å². The maximum Gasteiger partial charge on any atom is 0.331 e. The predicted molar refractivity (Wildman–Crippen MR) is 73.2 cm³/mol. The van der Waals surface area contributed by atoms with E-state index in [1.165, 1.54) is 12.1 Å². The largest absolute Gasteiger partial charge is 0.433 e. The van der Waals surface area contributed by atoms with Crippen LogP contribution in [-0.2, 0) is 6.42 Å². The molecule has 2 rings (SSSR count). The summed E-state index contributed by atoms with van der Waals surface area (Å²) in [6, 6.07) is 9.50. The summed E-state index contributed by atoms with van der Waals surface area (Å²) >= 11 is 5.73. The number of pyridine rings is 1. The third-order valence-corrected chi connectivity index (χ3v) is 2.77. The first-order valence-electron chi connectivity index (χ1n) is 5.79. The molecule has 0 saturated carbocycles. The molecule has 104 valence electrons. The topological polar surface area (TPSA) is 85.5 Å². The second kappa shape index (κ2) is 6.31. The molecule has 0 amide bonds. The van der Waals surface area contributed by atoms with Crippen LogP contribution in [0.2, 0.25) is 5.15 Å². The SMILES string of the molecule is O=[N+]([O-])c1ccc(Cl)nc1Oc1ccccc1CCO. The number of rotatable bonds is 5. The van der Waals surface area contributed by atoms with Crippen LogP contribution in [0.25, 0.3) is 0 Å². The van der Waals surface area contributed by atoms with Gasteiger partial charge in [0.1, 0.15) is 10.9 Å². The maximum absolute atomic E-state index is 10.9. The average Bonchev–Trinajstić information content (AvgIpc) is 2.41. The Morgan fingerprint density at radius 1 is 1.30 bits per heavy atom. The fourth-order valence-electron chi connectivity index (χ4n) is 1.66. The fourth-order valence-corrected chi connectivity index (χ4v) is 1.80. The first-order chi connectivity index (χ1) is 9.61. The molecular weight excluding hydrogens is 284 g/mol. The van der Waals surface area contributed by atoms with E-state index in [0.717, 1.165) is 5.56 Å². The van der Waals surface area contributed by atoms with E-state index in [9.17, 15) is 10.1 Å². The quantitative estimate of drug-likeness (QED) is 0.520. The van der Waals surface area contributed by atoms with Gasteiger partial charge in [-0.15, -0.1) is 0 Å². The van der Waals surface area contributed by atoms with Crippen molar-refractivity contribution in [2.24, 2.45) is 0 Å². The number of hydrogen-bond donors (Lipinski definition) is 1. The van der Waals surface area contributed by atoms with Crippen LogP contribution in [0.4, 0.5) is 5.69 Å². The highest BCUT2D eigenvalue weighted by Gasteiger charge is 2.19. The van der Waals surface area contributed by atoms with E-state index in [1.54, 1.807) is 24.3 Å². The van der Waals surface area contributed by atoms with Crippen LogP contribution in [0.3, 0.4) is 0 Å². The molecule has 20 heavy (non-hydrogen) atoms. The molecule has 0 aliphatic rings. The van der Waals surface area contributed by atoms with Crippen LogP contribution in [-0.4, -0.2) is 21.6 Å². The molecule has 1 aromatic heterocycles. The Bertz CT molecular complexity index is 634. The molecule has 1 aromatic carbocycles. The summed E-state index contributed by atoms with van der Waals surface area (Å²) in [6.45, 7) is -0.0502. The highest BCUT2D eigenvalue weighted by atomic mass is 35.5. The lowest BCUT2D eigenvalue weighted by Crippen LogP contribution is -1.99. The van der Waals surface area contributed by atoms with E-state index in [1.807, 2.05) is 0 Å². The number of aromatic nitrogens is 1. The van der Waals surface area contributed by atoms with Gasteiger partial charge in [0.15, 0.2) is 0 Å². The number of benzene rings is 1. The molecule has 0 unspecified atom stereocenters. The van der Waals surface area contributed by atoms with Crippen molar-refractivity contribution in [3.63, 3.8) is 0 Å². The minimum atomic E-state index is -0.590. The first kappa shape index (κ1) is 14.2. The normalized spacial score (nSPS) is 10.3. The van der Waals surface area contributed by atoms with E-state index in [4.69, 9.17) is 21.4 Å². The average molecular weight is 295 g/mol. The van der Waals surface area contributed by atoms with E-state index in [2.05, 4.69) is 4.98 Å². The van der Waals surface area contributed by atoms with Gasteiger partial charge in [0.2, 0.25) is 0 Å². The van der Waals surface area contributed by atoms with Crippen molar-refractivity contribution >= 4 is 17.3 Å². The van der Waals surface area contributed by atoms with E-state index in [-0.39, 0.29) is 23.3 Å². The van der Waals surface area contributed by atoms with E-state index in [0.29, 0.717) is 12.2 Å². The van der Waals surface area contributed by atoms with Gasteiger partial charge in [-0.2, -0.15) is 4.98 Å². The zero-order valence-corrected chi connectivity index (χ0v) is 11.1. The number of hydrogen-bond acceptors (Lipinski definition) is 5. The van der Waals surface area contributed by atoms with Gasteiger partial charge in [-0.3, -0.25) is 10.1 Å². The number of halogens is 1. The van der Waals surface area contributed by atoms with Gasteiger partial charge in [0.05, 0.1) is 4.92 Å². The number of aliphatic hydroxyl groups excluding tert-OH is 1. The summed E-state index contributed by atoms with van der Waals surface area (Å²) in [5.74, 6) is 0.229. The number of nitrogens with zero attached hydrogens (tertiary/aromatic N) is 2. The number of nitro groups is 1. The Labute approximate surface area is 119 Å². The number of aliphatic hydroxyl groups is 1. The Balaban J connectivity index is 2.39. The Kier molecular flexibility index (Phi) is 4.49. The van der Waals surface area contributed by atoms with Crippen molar-refractivity contribution in [3.05, 3.63) is 57.2 Å². The number of para-hydroxylation sites is 1. The molecule has 6 nitrogen and oxygen atoms in total. The smallest absolute Gasteiger partial charge is 0.331 e. The Morgan fingerprint density at radius 3 is 2.75 bits per heavy atom. The molecule has 2 aromatic rings. The summed E-state index contributed by atoms with van der Waals surface area (Å²) < 4.78 is 5.49. The van der Waals surface area contributed by atoms with Crippen LogP contribution in [0.15, 0.2) is 36.4 Å². The third-order valence-electron chi connectivity index (χ3n) is 2.56. The van der Waals surface area contributed by atoms with Crippen molar-refractivity contribution in [3.8, 4) is 11.6 Å². The van der Waals surface area contributed by atoms with Gasteiger partial charge in [0.25, 0.3) is 0 Å². The summed E-state index contributed by atoms with van der Waals surface area (Å²) in [5.41, 5.74) is 0.458. The monoisotopic (exact) mass is 294 g/mol. The maximum atomic E-state index is 10.9. The molecule has 0 fully saturated rings. The van der Waals surface area contributed by atoms with Crippen LogP contribution in [0, 0.1) is 10.1 Å². The van der Waals surface area contributed by atoms with Crippen molar-refractivity contribution in [2.75, 3.05) is 6.61 Å². The van der Waals surface area contributed by atoms with Crippen molar-refractivity contribution in [1.29, 1.82) is 0 Å². The Morgan fingerprint density at radius 2 is 2.05 bits per heavy atom. The standard InChI is InChI=1S/C13H11ClN2O4/c14-12-6-5-10(16(18)19)13(15-12)20-11-4-2-1-3-9(11)7-8-17/h1-6,17H,7-8H2. The van der Waals surface area contributed by atoms with Crippen LogP contribution < -0.4 is 4.74 Å². The van der Waals surface area contributed by atoms with Gasteiger partial charge < -0.3 is 9.84 Å². The van der Waals surface area contributed by atoms with Crippen molar-refractivity contribution in [1.82, 2.24) is 4.98 Å². The molecule has 7 heteroatoms. The van der Waals surface area contributed by atoms with Crippen LogP contribution >= 0.6 is 11.6 Å².